The molecule has 0 bridgehead atoms. The molecule has 10 aliphatic rings. The average molecular weight is 1770 g/mol. The summed E-state index contributed by atoms with van der Waals surface area (Å²) >= 11 is 0. The number of para-hydroxylation sites is 4. The zero-order chi connectivity index (χ0) is 94.2. The lowest BCUT2D eigenvalue weighted by molar-refractivity contribution is 0.0713. The molecule has 700 valence electrons. The highest BCUT2D eigenvalue weighted by Crippen LogP contribution is 2.48. The standard InChI is InChI=1S/2C13H18O2.2C13H18O.C12H16O.C11H15N.C10H11FO.2C10H12O2.C10H12O/c1-9-8-13(2,3)15-12-6-5-10(14-4)7-11(9)12;1-9-8-13(2,3)15-12-7-10(14-4)5-6-11(9)12;1-9-5-6-12-11(7-9)10(2)8-13(3,4)14-12;1-9-5-6-11-10(2)8-13(3,4)14-12(11)7-9;1-9-8-12(2,3)13-11-7-5-4-6-10(9)11;1-9-7-8-12(2)11-6-4-3-5-10(9)11;1-7-5-12-6-9-8(7)3-2-4-10(9)11;2*1-7-8-4-2-3-5-10(8)12-6-9(7)11;1-8-6-11-7-9-4-2-3-5-10(8)9/h2*5-7,9H,8H2,1-4H3;2*5-7,10H,8H2,1-4H3;4-7,9H,8H2,1-3H3;3-6,9H,7-8H2,1-2H3;2-4,7H,5-6H2,1H3;2*2-5,7,9,11H,6H2,1H3;2-5,8H,6-7H2,1H3/t;;;;;;;2*7?,9-;/m.......10./s1. The van der Waals surface area contributed by atoms with Gasteiger partial charge in [-0.05, 0) is 285 Å². The molecule has 2 N–H and O–H groups in total. The highest BCUT2D eigenvalue weighted by Gasteiger charge is 2.37. The van der Waals surface area contributed by atoms with Crippen molar-refractivity contribution in [2.45, 2.75) is 303 Å². The quantitative estimate of drug-likeness (QED) is 0.169. The molecule has 20 rings (SSSR count). The predicted molar refractivity (Wildman–Crippen MR) is 528 cm³/mol. The van der Waals surface area contributed by atoms with Crippen LogP contribution in [0.1, 0.15) is 314 Å². The van der Waals surface area contributed by atoms with Crippen molar-refractivity contribution < 1.29 is 66.7 Å². The molecule has 0 radical (unpaired) electrons. The number of methoxy groups -OCH3 is 2. The number of ether oxygens (including phenoxy) is 11. The van der Waals surface area contributed by atoms with E-state index in [2.05, 4.69) is 266 Å². The van der Waals surface area contributed by atoms with Crippen LogP contribution >= 0.6 is 0 Å². The van der Waals surface area contributed by atoms with Crippen molar-refractivity contribution >= 4 is 5.69 Å². The number of benzene rings is 10. The van der Waals surface area contributed by atoms with Crippen LogP contribution in [0, 0.1) is 19.7 Å². The SMILES string of the molecule is CC1CC(C)(C)Oc2ccccc21.CC1CCN(C)c2ccccc21.CC1COCc2c(F)cccc21.CC1COCc2ccccc21.CC1c2ccccc2OC[C@@H]1O.CC1c2ccccc2OC[C@H]1O.COc1ccc2c(c1)C(C)CC(C)(C)O2.COc1ccc2c(c1)OC(C)(C)CC2C.Cc1ccc2c(c1)C(C)CC(C)(C)O2.Cc1ccc2c(c1)OC(C)(C)CC2C. The van der Waals surface area contributed by atoms with E-state index in [1.807, 2.05) is 98.8 Å². The lowest BCUT2D eigenvalue weighted by atomic mass is 9.85. The zero-order valence-electron chi connectivity index (χ0n) is 82.5. The Balaban J connectivity index is 0.000000140. The number of fused-ring (bicyclic) bond motifs is 10. The van der Waals surface area contributed by atoms with Crippen LogP contribution in [-0.4, -0.2) is 105 Å². The van der Waals surface area contributed by atoms with E-state index in [0.29, 0.717) is 67.9 Å². The maximum absolute atomic E-state index is 13.2. The number of aliphatic hydroxyl groups excluding tert-OH is 2. The number of hydrogen-bond acceptors (Lipinski definition) is 14. The molecule has 14 nitrogen and oxygen atoms in total. The zero-order valence-corrected chi connectivity index (χ0v) is 82.5. The van der Waals surface area contributed by atoms with Crippen molar-refractivity contribution in [1.82, 2.24) is 0 Å². The molecule has 0 spiro atoms. The maximum atomic E-state index is 13.2. The van der Waals surface area contributed by atoms with Crippen LogP contribution in [-0.2, 0) is 22.7 Å². The fraction of sp³-hybridized carbons (Fsp3) is 0.478. The van der Waals surface area contributed by atoms with Crippen molar-refractivity contribution in [2.24, 2.45) is 0 Å². The number of halogens is 1. The van der Waals surface area contributed by atoms with Gasteiger partial charge in [0.1, 0.15) is 98.8 Å². The first-order chi connectivity index (χ1) is 61.6. The van der Waals surface area contributed by atoms with Crippen LogP contribution in [0.15, 0.2) is 212 Å². The Hall–Kier alpha value is -10.0. The summed E-state index contributed by atoms with van der Waals surface area (Å²) in [6, 6.07) is 71.6. The van der Waals surface area contributed by atoms with Gasteiger partial charge in [-0.25, -0.2) is 4.39 Å². The first-order valence-corrected chi connectivity index (χ1v) is 47.3. The van der Waals surface area contributed by atoms with Gasteiger partial charge in [0, 0.05) is 60.1 Å². The van der Waals surface area contributed by atoms with Crippen LogP contribution in [0.25, 0.3) is 0 Å². The number of nitrogens with zero attached hydrogens (tertiary/aromatic N) is 1. The van der Waals surface area contributed by atoms with Crippen LogP contribution in [0.3, 0.4) is 0 Å². The minimum atomic E-state index is -0.361. The Bertz CT molecular complexity index is 5230. The highest BCUT2D eigenvalue weighted by molar-refractivity contribution is 5.57. The molecule has 10 unspecified atom stereocenters. The monoisotopic (exact) mass is 1770 g/mol. The number of hydrogen-bond donors (Lipinski definition) is 2. The summed E-state index contributed by atoms with van der Waals surface area (Å²) in [5, 5.41) is 19.0. The smallest absolute Gasteiger partial charge is 0.129 e. The van der Waals surface area contributed by atoms with E-state index in [9.17, 15) is 14.6 Å². The Labute approximate surface area is 778 Å². The second kappa shape index (κ2) is 44.5. The van der Waals surface area contributed by atoms with Crippen molar-refractivity contribution in [2.75, 3.05) is 59.1 Å². The molecular weight excluding hydrogens is 1620 g/mol. The van der Waals surface area contributed by atoms with Gasteiger partial charge in [-0.15, -0.1) is 0 Å². The molecule has 10 aromatic carbocycles. The fourth-order valence-electron chi connectivity index (χ4n) is 19.6. The summed E-state index contributed by atoms with van der Waals surface area (Å²) in [4.78, 5) is 2.34. The molecule has 0 fully saturated rings. The van der Waals surface area contributed by atoms with Gasteiger partial charge in [0.2, 0.25) is 0 Å². The molecule has 0 aromatic heterocycles. The minimum Gasteiger partial charge on any atom is -0.497 e. The van der Waals surface area contributed by atoms with Crippen molar-refractivity contribution in [3.8, 4) is 51.7 Å². The Kier molecular flexibility index (Phi) is 34.4. The van der Waals surface area contributed by atoms with E-state index < -0.39 is 0 Å². The van der Waals surface area contributed by atoms with Gasteiger partial charge in [-0.3, -0.25) is 0 Å². The number of rotatable bonds is 2. The van der Waals surface area contributed by atoms with Gasteiger partial charge in [-0.1, -0.05) is 214 Å². The van der Waals surface area contributed by atoms with Gasteiger partial charge in [0.15, 0.2) is 0 Å². The average Bonchev–Trinajstić information content (AvgIpc) is 0.789. The number of aliphatic hydroxyl groups is 2. The molecule has 15 heteroatoms. The largest absolute Gasteiger partial charge is 0.497 e. The summed E-state index contributed by atoms with van der Waals surface area (Å²) in [5.74, 6) is 13.5. The summed E-state index contributed by atoms with van der Waals surface area (Å²) in [7, 11) is 5.55. The van der Waals surface area contributed by atoms with Crippen LogP contribution in [0.2, 0.25) is 0 Å². The molecule has 0 saturated heterocycles. The summed E-state index contributed by atoms with van der Waals surface area (Å²) in [6.45, 7) is 52.4. The lowest BCUT2D eigenvalue weighted by Crippen LogP contribution is -2.34. The highest BCUT2D eigenvalue weighted by atomic mass is 19.1. The van der Waals surface area contributed by atoms with E-state index in [1.165, 1.54) is 80.4 Å². The Morgan fingerprint density at radius 3 is 1.21 bits per heavy atom. The van der Waals surface area contributed by atoms with Crippen LogP contribution in [0.5, 0.6) is 51.7 Å². The summed E-state index contributed by atoms with van der Waals surface area (Å²) < 4.78 is 74.7. The van der Waals surface area contributed by atoms with Gasteiger partial charge in [0.05, 0.1) is 52.9 Å². The molecule has 10 aliphatic heterocycles. The van der Waals surface area contributed by atoms with Crippen molar-refractivity contribution in [1.29, 1.82) is 0 Å². The third-order valence-corrected chi connectivity index (χ3v) is 26.3. The summed E-state index contributed by atoms with van der Waals surface area (Å²) in [5.41, 5.74) is 18.8. The predicted octanol–water partition coefficient (Wildman–Crippen LogP) is 27.9. The van der Waals surface area contributed by atoms with Gasteiger partial charge in [-0.2, -0.15) is 0 Å². The summed E-state index contributed by atoms with van der Waals surface area (Å²) in [6.07, 6.45) is 5.98. The van der Waals surface area contributed by atoms with Gasteiger partial charge >= 0.3 is 0 Å². The minimum absolute atomic E-state index is 0.00618. The molecule has 0 amide bonds. The third-order valence-electron chi connectivity index (χ3n) is 26.3. The van der Waals surface area contributed by atoms with Crippen molar-refractivity contribution in [3.05, 3.63) is 296 Å². The van der Waals surface area contributed by atoms with Crippen LogP contribution < -0.4 is 47.5 Å². The number of anilines is 1. The molecule has 12 atom stereocenters. The molecular formula is C115H150FNO13. The van der Waals surface area contributed by atoms with Gasteiger partial charge < -0.3 is 67.2 Å². The van der Waals surface area contributed by atoms with E-state index in [1.54, 1.807) is 20.3 Å². The number of aryl methyl sites for hydroxylation is 2. The van der Waals surface area contributed by atoms with E-state index in [-0.39, 0.29) is 57.9 Å². The van der Waals surface area contributed by atoms with Gasteiger partial charge in [0.25, 0.3) is 0 Å². The molecule has 130 heavy (non-hydrogen) atoms. The third kappa shape index (κ3) is 27.1. The molecule has 10 aromatic rings. The first-order valence-electron chi connectivity index (χ1n) is 47.3. The van der Waals surface area contributed by atoms with Crippen LogP contribution in [0.4, 0.5) is 10.1 Å². The fourth-order valence-corrected chi connectivity index (χ4v) is 19.6. The van der Waals surface area contributed by atoms with E-state index in [4.69, 9.17) is 52.1 Å². The molecule has 10 heterocycles. The normalized spacial score (nSPS) is 24.0. The maximum Gasteiger partial charge on any atom is 0.129 e. The lowest BCUT2D eigenvalue weighted by Gasteiger charge is -2.36. The Morgan fingerprint density at radius 2 is 0.700 bits per heavy atom. The molecule has 0 aliphatic carbocycles. The second-order valence-corrected chi connectivity index (χ2v) is 40.7. The second-order valence-electron chi connectivity index (χ2n) is 40.7. The van der Waals surface area contributed by atoms with E-state index >= 15 is 0 Å². The Morgan fingerprint density at radius 1 is 0.331 bits per heavy atom. The first kappa shape index (κ1) is 101. The van der Waals surface area contributed by atoms with Crippen molar-refractivity contribution in [3.63, 3.8) is 0 Å². The topological polar surface area (TPSA) is 145 Å². The molecule has 0 saturated carbocycles. The van der Waals surface area contributed by atoms with E-state index in [0.717, 1.165) is 125 Å².